The Morgan fingerprint density at radius 1 is 1.31 bits per heavy atom. The summed E-state index contributed by atoms with van der Waals surface area (Å²) in [7, 11) is 0. The van der Waals surface area contributed by atoms with Crippen LogP contribution in [0.15, 0.2) is 24.3 Å². The van der Waals surface area contributed by atoms with Crippen LogP contribution in [0.1, 0.15) is 62.6 Å². The Hall–Kier alpha value is -0.820. The number of benzene rings is 1. The maximum atomic E-state index is 3.62. The molecule has 0 aromatic heterocycles. The third kappa shape index (κ3) is 2.85. The Bertz CT molecular complexity index is 328. The Kier molecular flexibility index (Phi) is 4.00. The minimum Gasteiger partial charge on any atom is -0.310 e. The van der Waals surface area contributed by atoms with Crippen LogP contribution >= 0.6 is 0 Å². The summed E-state index contributed by atoms with van der Waals surface area (Å²) in [5.74, 6) is 0.864. The normalized spacial score (nSPS) is 17.4. The van der Waals surface area contributed by atoms with Gasteiger partial charge < -0.3 is 5.32 Å². The van der Waals surface area contributed by atoms with Crippen LogP contribution in [-0.2, 0) is 0 Å². The summed E-state index contributed by atoms with van der Waals surface area (Å²) in [6.07, 6.45) is 5.16. The summed E-state index contributed by atoms with van der Waals surface area (Å²) in [6.45, 7) is 5.60. The Balaban J connectivity index is 2.07. The maximum absolute atomic E-state index is 3.62. The Morgan fingerprint density at radius 2 is 2.12 bits per heavy atom. The molecule has 1 aromatic carbocycles. The molecule has 1 aromatic rings. The lowest BCUT2D eigenvalue weighted by Gasteiger charge is -2.17. The van der Waals surface area contributed by atoms with Gasteiger partial charge in [-0.3, -0.25) is 0 Å². The predicted octanol–water partition coefficient (Wildman–Crippen LogP) is 4.01. The molecule has 1 N–H and O–H groups in total. The molecule has 1 saturated carbocycles. The average molecular weight is 217 g/mol. The highest BCUT2D eigenvalue weighted by molar-refractivity contribution is 5.30. The molecule has 1 fully saturated rings. The zero-order valence-electron chi connectivity index (χ0n) is 10.5. The molecule has 2 rings (SSSR count). The fourth-order valence-electron chi connectivity index (χ4n) is 2.26. The van der Waals surface area contributed by atoms with Crippen LogP contribution in [0.2, 0.25) is 0 Å². The summed E-state index contributed by atoms with van der Waals surface area (Å²) in [5, 5.41) is 3.62. The molecule has 16 heavy (non-hydrogen) atoms. The van der Waals surface area contributed by atoms with E-state index in [0.29, 0.717) is 6.04 Å². The van der Waals surface area contributed by atoms with Crippen LogP contribution in [0.5, 0.6) is 0 Å². The summed E-state index contributed by atoms with van der Waals surface area (Å²) >= 11 is 0. The van der Waals surface area contributed by atoms with Gasteiger partial charge in [0.2, 0.25) is 0 Å². The zero-order valence-corrected chi connectivity index (χ0v) is 10.5. The monoisotopic (exact) mass is 217 g/mol. The van der Waals surface area contributed by atoms with Crippen LogP contribution in [0.4, 0.5) is 0 Å². The van der Waals surface area contributed by atoms with Gasteiger partial charge in [0.05, 0.1) is 0 Å². The first kappa shape index (κ1) is 11.7. The van der Waals surface area contributed by atoms with Crippen LogP contribution in [0.3, 0.4) is 0 Å². The minimum atomic E-state index is 0.540. The van der Waals surface area contributed by atoms with Gasteiger partial charge in [-0.1, -0.05) is 38.1 Å². The van der Waals surface area contributed by atoms with Crippen LogP contribution in [-0.4, -0.2) is 6.54 Å². The van der Waals surface area contributed by atoms with E-state index >= 15 is 0 Å². The lowest BCUT2D eigenvalue weighted by Crippen LogP contribution is -2.21. The number of hydrogen-bond acceptors (Lipinski definition) is 1. The van der Waals surface area contributed by atoms with Crippen molar-refractivity contribution in [2.75, 3.05) is 6.54 Å². The van der Waals surface area contributed by atoms with Gasteiger partial charge in [-0.05, 0) is 49.3 Å². The lowest BCUT2D eigenvalue weighted by molar-refractivity contribution is 0.518. The van der Waals surface area contributed by atoms with Crippen molar-refractivity contribution in [2.45, 2.75) is 51.5 Å². The van der Waals surface area contributed by atoms with Crippen molar-refractivity contribution in [1.29, 1.82) is 0 Å². The van der Waals surface area contributed by atoms with E-state index in [1.165, 1.54) is 31.2 Å². The Labute approximate surface area is 99.3 Å². The molecule has 88 valence electrons. The highest BCUT2D eigenvalue weighted by atomic mass is 14.9. The number of rotatable bonds is 6. The number of nitrogens with one attached hydrogen (secondary N) is 1. The molecular formula is C15H23N. The quantitative estimate of drug-likeness (QED) is 0.759. The first-order valence-corrected chi connectivity index (χ1v) is 6.68. The molecule has 0 bridgehead atoms. The molecule has 1 nitrogen and oxygen atoms in total. The van der Waals surface area contributed by atoms with Crippen molar-refractivity contribution in [3.05, 3.63) is 35.4 Å². The van der Waals surface area contributed by atoms with Crippen molar-refractivity contribution in [2.24, 2.45) is 0 Å². The van der Waals surface area contributed by atoms with E-state index in [4.69, 9.17) is 0 Å². The molecule has 0 saturated heterocycles. The standard InChI is InChI=1S/C15H23N/c1-3-10-16-15(4-2)14-7-5-6-13(11-14)12-8-9-12/h5-7,11-12,15-16H,3-4,8-10H2,1-2H3. The highest BCUT2D eigenvalue weighted by Crippen LogP contribution is 2.40. The second-order valence-electron chi connectivity index (χ2n) is 4.86. The van der Waals surface area contributed by atoms with E-state index in [9.17, 15) is 0 Å². The summed E-state index contributed by atoms with van der Waals surface area (Å²) in [6, 6.07) is 9.73. The van der Waals surface area contributed by atoms with E-state index in [1.54, 1.807) is 5.56 Å². The van der Waals surface area contributed by atoms with Crippen molar-refractivity contribution in [3.8, 4) is 0 Å². The fraction of sp³-hybridized carbons (Fsp3) is 0.600. The van der Waals surface area contributed by atoms with Crippen molar-refractivity contribution in [1.82, 2.24) is 5.32 Å². The third-order valence-electron chi connectivity index (χ3n) is 3.41. The topological polar surface area (TPSA) is 12.0 Å². The van der Waals surface area contributed by atoms with Crippen molar-refractivity contribution in [3.63, 3.8) is 0 Å². The van der Waals surface area contributed by atoms with E-state index in [-0.39, 0.29) is 0 Å². The van der Waals surface area contributed by atoms with Crippen LogP contribution < -0.4 is 5.32 Å². The molecule has 0 spiro atoms. The molecule has 1 aliphatic rings. The first-order valence-electron chi connectivity index (χ1n) is 6.68. The molecular weight excluding hydrogens is 194 g/mol. The van der Waals surface area contributed by atoms with Crippen molar-refractivity contribution < 1.29 is 0 Å². The van der Waals surface area contributed by atoms with Crippen molar-refractivity contribution >= 4 is 0 Å². The summed E-state index contributed by atoms with van der Waals surface area (Å²) < 4.78 is 0. The summed E-state index contributed by atoms with van der Waals surface area (Å²) in [5.41, 5.74) is 3.02. The predicted molar refractivity (Wildman–Crippen MR) is 69.7 cm³/mol. The molecule has 1 heteroatoms. The van der Waals surface area contributed by atoms with Gasteiger partial charge >= 0.3 is 0 Å². The maximum Gasteiger partial charge on any atom is 0.0317 e. The first-order chi connectivity index (χ1) is 7.85. The van der Waals surface area contributed by atoms with Gasteiger partial charge in [-0.15, -0.1) is 0 Å². The van der Waals surface area contributed by atoms with Crippen LogP contribution in [0.25, 0.3) is 0 Å². The van der Waals surface area contributed by atoms with E-state index in [0.717, 1.165) is 12.5 Å². The summed E-state index contributed by atoms with van der Waals surface area (Å²) in [4.78, 5) is 0. The molecule has 0 aliphatic heterocycles. The molecule has 0 radical (unpaired) electrons. The van der Waals surface area contributed by atoms with Gasteiger partial charge in [0.1, 0.15) is 0 Å². The fourth-order valence-corrected chi connectivity index (χ4v) is 2.26. The van der Waals surface area contributed by atoms with Gasteiger partial charge in [0, 0.05) is 6.04 Å². The average Bonchev–Trinajstić information content (AvgIpc) is 3.14. The minimum absolute atomic E-state index is 0.540. The van der Waals surface area contributed by atoms with E-state index < -0.39 is 0 Å². The second kappa shape index (κ2) is 5.49. The molecule has 1 aliphatic carbocycles. The molecule has 1 unspecified atom stereocenters. The third-order valence-corrected chi connectivity index (χ3v) is 3.41. The Morgan fingerprint density at radius 3 is 2.75 bits per heavy atom. The van der Waals surface area contributed by atoms with Gasteiger partial charge in [0.25, 0.3) is 0 Å². The largest absolute Gasteiger partial charge is 0.310 e. The second-order valence-corrected chi connectivity index (χ2v) is 4.86. The zero-order chi connectivity index (χ0) is 11.4. The molecule has 1 atom stereocenters. The highest BCUT2D eigenvalue weighted by Gasteiger charge is 2.23. The molecule has 0 amide bonds. The smallest absolute Gasteiger partial charge is 0.0317 e. The van der Waals surface area contributed by atoms with Gasteiger partial charge in [-0.2, -0.15) is 0 Å². The van der Waals surface area contributed by atoms with Gasteiger partial charge in [0.15, 0.2) is 0 Å². The number of hydrogen-bond donors (Lipinski definition) is 1. The molecule has 0 heterocycles. The SMILES string of the molecule is CCCNC(CC)c1cccc(C2CC2)c1. The van der Waals surface area contributed by atoms with E-state index in [1.807, 2.05) is 0 Å². The lowest BCUT2D eigenvalue weighted by atomic mass is 10.00. The van der Waals surface area contributed by atoms with E-state index in [2.05, 4.69) is 43.4 Å². The van der Waals surface area contributed by atoms with Crippen LogP contribution in [0, 0.1) is 0 Å². The van der Waals surface area contributed by atoms with Gasteiger partial charge in [-0.25, -0.2) is 0 Å².